The van der Waals surface area contributed by atoms with Gasteiger partial charge in [0.15, 0.2) is 0 Å². The van der Waals surface area contributed by atoms with Crippen molar-refractivity contribution in [2.24, 2.45) is 0 Å². The van der Waals surface area contributed by atoms with Gasteiger partial charge in [0, 0.05) is 5.30 Å². The van der Waals surface area contributed by atoms with Crippen LogP contribution in [0.5, 0.6) is 0 Å². The minimum Gasteiger partial charge on any atom is -0.0678 e. The predicted molar refractivity (Wildman–Crippen MR) is 63.8 cm³/mol. The van der Waals surface area contributed by atoms with Gasteiger partial charge in [0.25, 0.3) is 0 Å². The molecule has 1 heteroatoms. The molecule has 14 heavy (non-hydrogen) atoms. The molecule has 2 aromatic rings. The molecule has 0 saturated heterocycles. The molecule has 0 N–H and O–H groups in total. The van der Waals surface area contributed by atoms with Crippen LogP contribution in [-0.4, -0.2) is 0 Å². The van der Waals surface area contributed by atoms with Crippen LogP contribution in [0.15, 0.2) is 48.3 Å². The zero-order chi connectivity index (χ0) is 9.80. The van der Waals surface area contributed by atoms with Gasteiger partial charge in [-0.25, -0.2) is 0 Å². The maximum atomic E-state index is 2.21. The smallest absolute Gasteiger partial charge is 0.00929 e. The number of benzene rings is 1. The quantitative estimate of drug-likeness (QED) is 0.669. The highest BCUT2D eigenvalue weighted by molar-refractivity contribution is 7.33. The van der Waals surface area contributed by atoms with E-state index >= 15 is 0 Å². The van der Waals surface area contributed by atoms with Crippen molar-refractivity contribution in [3.8, 4) is 10.9 Å². The maximum absolute atomic E-state index is 2.21. The first kappa shape index (κ1) is 9.43. The zero-order valence-corrected chi connectivity index (χ0v) is 9.17. The van der Waals surface area contributed by atoms with E-state index in [0.717, 1.165) is 6.42 Å². The first-order valence-corrected chi connectivity index (χ1v) is 5.87. The van der Waals surface area contributed by atoms with E-state index in [1.165, 1.54) is 24.6 Å². The van der Waals surface area contributed by atoms with Gasteiger partial charge in [0.05, 0.1) is 0 Å². The normalized spacial score (nSPS) is 10.6. The predicted octanol–water partition coefficient (Wildman–Crippen LogP) is 4.50. The molecule has 1 aromatic carbocycles. The Balaban J connectivity index is 2.51. The average molecular weight is 200 g/mol. The molecule has 0 amide bonds. The van der Waals surface area contributed by atoms with Gasteiger partial charge in [-0.3, -0.25) is 0 Å². The largest absolute Gasteiger partial charge is 0.0678 e. The van der Waals surface area contributed by atoms with Gasteiger partial charge in [0.2, 0.25) is 0 Å². The maximum Gasteiger partial charge on any atom is 0.00929 e. The second kappa shape index (κ2) is 4.39. The second-order valence-electron chi connectivity index (χ2n) is 3.23. The van der Waals surface area contributed by atoms with Crippen LogP contribution in [-0.2, 0) is 6.42 Å². The van der Waals surface area contributed by atoms with E-state index in [-0.39, 0.29) is 0 Å². The number of hydrogen-bond acceptors (Lipinski definition) is 0. The fourth-order valence-corrected chi connectivity index (χ4v) is 2.48. The molecule has 0 spiro atoms. The molecule has 0 bridgehead atoms. The summed E-state index contributed by atoms with van der Waals surface area (Å²) < 4.78 is 0. The summed E-state index contributed by atoms with van der Waals surface area (Å²) in [5, 5.41) is 1.41. The minimum absolute atomic E-state index is 1.10. The lowest BCUT2D eigenvalue weighted by Crippen LogP contribution is -1.84. The fourth-order valence-electron chi connectivity index (χ4n) is 1.60. The van der Waals surface area contributed by atoms with Crippen molar-refractivity contribution < 1.29 is 0 Å². The third-order valence-corrected chi connectivity index (χ3v) is 3.33. The highest BCUT2D eigenvalue weighted by atomic mass is 31.0. The molecule has 0 atom stereocenters. The van der Waals surface area contributed by atoms with E-state index in [2.05, 4.69) is 55.2 Å². The Kier molecular flexibility index (Phi) is 2.96. The Morgan fingerprint density at radius 2 is 1.79 bits per heavy atom. The molecular formula is C13H13P. The highest BCUT2D eigenvalue weighted by Crippen LogP contribution is 2.29. The molecule has 70 valence electrons. The van der Waals surface area contributed by atoms with Crippen molar-refractivity contribution in [2.75, 3.05) is 0 Å². The molecule has 0 unspecified atom stereocenters. The van der Waals surface area contributed by atoms with E-state index in [9.17, 15) is 0 Å². The molecule has 0 aliphatic rings. The monoisotopic (exact) mass is 200 g/mol. The summed E-state index contributed by atoms with van der Waals surface area (Å²) in [5.74, 6) is 2.18. The Bertz CT molecular complexity index is 407. The Hall–Kier alpha value is -1.13. The third-order valence-electron chi connectivity index (χ3n) is 2.34. The second-order valence-corrected chi connectivity index (χ2v) is 4.26. The molecular weight excluding hydrogens is 187 g/mol. The lowest BCUT2D eigenvalue weighted by Gasteiger charge is -2.06. The van der Waals surface area contributed by atoms with Gasteiger partial charge in [-0.2, -0.15) is 0 Å². The molecule has 2 rings (SSSR count). The Morgan fingerprint density at radius 3 is 2.50 bits per heavy atom. The van der Waals surface area contributed by atoms with E-state index in [4.69, 9.17) is 0 Å². The van der Waals surface area contributed by atoms with E-state index in [1.54, 1.807) is 0 Å². The highest BCUT2D eigenvalue weighted by Gasteiger charge is 2.01. The zero-order valence-electron chi connectivity index (χ0n) is 8.27. The van der Waals surface area contributed by atoms with Crippen molar-refractivity contribution in [1.82, 2.24) is 0 Å². The molecule has 0 aliphatic heterocycles. The summed E-state index contributed by atoms with van der Waals surface area (Å²) in [6, 6.07) is 15.1. The van der Waals surface area contributed by atoms with Gasteiger partial charge >= 0.3 is 0 Å². The van der Waals surface area contributed by atoms with Crippen molar-refractivity contribution >= 4 is 8.19 Å². The topological polar surface area (TPSA) is 0 Å². The van der Waals surface area contributed by atoms with Gasteiger partial charge in [-0.15, -0.1) is 0 Å². The summed E-state index contributed by atoms with van der Waals surface area (Å²) in [4.78, 5) is 0. The van der Waals surface area contributed by atoms with Crippen LogP contribution in [0.4, 0.5) is 0 Å². The first-order chi connectivity index (χ1) is 6.92. The lowest BCUT2D eigenvalue weighted by atomic mass is 10.0. The van der Waals surface area contributed by atoms with Gasteiger partial charge in [-0.1, -0.05) is 51.5 Å². The SMILES string of the molecule is CCc1ccccc1-c1ccccp1. The van der Waals surface area contributed by atoms with Crippen LogP contribution in [0, 0.1) is 0 Å². The first-order valence-electron chi connectivity index (χ1n) is 4.91. The van der Waals surface area contributed by atoms with Crippen molar-refractivity contribution in [2.45, 2.75) is 13.3 Å². The van der Waals surface area contributed by atoms with Crippen molar-refractivity contribution in [1.29, 1.82) is 0 Å². The molecule has 0 fully saturated rings. The molecule has 1 heterocycles. The van der Waals surface area contributed by atoms with Crippen LogP contribution in [0.2, 0.25) is 0 Å². The van der Waals surface area contributed by atoms with Crippen LogP contribution in [0.3, 0.4) is 0 Å². The number of rotatable bonds is 2. The van der Waals surface area contributed by atoms with Gasteiger partial charge in [-0.05, 0) is 29.4 Å². The summed E-state index contributed by atoms with van der Waals surface area (Å²) in [6.45, 7) is 2.21. The summed E-state index contributed by atoms with van der Waals surface area (Å²) >= 11 is 0. The summed E-state index contributed by atoms with van der Waals surface area (Å²) in [5.41, 5.74) is 2.84. The number of hydrogen-bond donors (Lipinski definition) is 0. The van der Waals surface area contributed by atoms with Crippen LogP contribution in [0.25, 0.3) is 10.9 Å². The Labute approximate surface area is 86.7 Å². The average Bonchev–Trinajstić information content (AvgIpc) is 2.30. The fraction of sp³-hybridized carbons (Fsp3) is 0.154. The van der Waals surface area contributed by atoms with Gasteiger partial charge < -0.3 is 0 Å². The molecule has 0 saturated carbocycles. The van der Waals surface area contributed by atoms with Crippen LogP contribution < -0.4 is 0 Å². The lowest BCUT2D eigenvalue weighted by molar-refractivity contribution is 1.14. The van der Waals surface area contributed by atoms with Crippen LogP contribution in [0.1, 0.15) is 12.5 Å². The van der Waals surface area contributed by atoms with E-state index in [1.807, 2.05) is 0 Å². The summed E-state index contributed by atoms with van der Waals surface area (Å²) in [6.07, 6.45) is 1.10. The van der Waals surface area contributed by atoms with Crippen molar-refractivity contribution in [3.63, 3.8) is 0 Å². The standard InChI is InChI=1S/C13H13P/c1-2-11-7-3-4-8-12(11)13-9-5-6-10-14-13/h3-10H,2H2,1H3. The van der Waals surface area contributed by atoms with Crippen LogP contribution >= 0.6 is 8.19 Å². The van der Waals surface area contributed by atoms with Crippen molar-refractivity contribution in [3.05, 3.63) is 53.8 Å². The molecule has 0 aliphatic carbocycles. The van der Waals surface area contributed by atoms with E-state index in [0.29, 0.717) is 0 Å². The van der Waals surface area contributed by atoms with Gasteiger partial charge in [0.1, 0.15) is 0 Å². The molecule has 0 radical (unpaired) electrons. The molecule has 0 nitrogen and oxygen atoms in total. The Morgan fingerprint density at radius 1 is 1.00 bits per heavy atom. The summed E-state index contributed by atoms with van der Waals surface area (Å²) in [7, 11) is 1.31. The minimum atomic E-state index is 1.10. The van der Waals surface area contributed by atoms with E-state index < -0.39 is 0 Å². The third kappa shape index (κ3) is 1.86. The number of aryl methyl sites for hydroxylation is 1. The molecule has 1 aromatic heterocycles.